The molecule has 1 saturated heterocycles. The lowest BCUT2D eigenvalue weighted by atomic mass is 10.1. The van der Waals surface area contributed by atoms with Crippen LogP contribution in [0.1, 0.15) is 27.1 Å². The van der Waals surface area contributed by atoms with Gasteiger partial charge in [0, 0.05) is 12.4 Å². The van der Waals surface area contributed by atoms with Gasteiger partial charge in [-0.3, -0.25) is 24.1 Å². The molecule has 0 N–H and O–H groups in total. The molecule has 0 saturated carbocycles. The highest BCUT2D eigenvalue weighted by molar-refractivity contribution is 6.28. The first kappa shape index (κ1) is 14.2. The number of imide groups is 2. The van der Waals surface area contributed by atoms with E-state index in [0.29, 0.717) is 0 Å². The standard InChI is InChI=1S/C16H10N4O4/c21-12-8-11(15(24)20(12)16-17-6-3-7-18-16)19-13(22)9-4-1-2-5-10(9)14(19)23/h1-7,11H,8H2. The molecule has 2 aromatic rings. The Balaban J connectivity index is 1.70. The maximum Gasteiger partial charge on any atom is 0.262 e. The molecule has 1 aromatic heterocycles. The van der Waals surface area contributed by atoms with Crippen LogP contribution in [0, 0.1) is 0 Å². The number of nitrogens with zero attached hydrogens (tertiary/aromatic N) is 4. The van der Waals surface area contributed by atoms with Gasteiger partial charge in [0.25, 0.3) is 17.7 Å². The van der Waals surface area contributed by atoms with Gasteiger partial charge in [0.15, 0.2) is 0 Å². The Morgan fingerprint density at radius 1 is 0.875 bits per heavy atom. The van der Waals surface area contributed by atoms with Crippen molar-refractivity contribution in [3.05, 3.63) is 53.9 Å². The summed E-state index contributed by atoms with van der Waals surface area (Å²) in [6, 6.07) is 6.70. The highest BCUT2D eigenvalue weighted by atomic mass is 16.2. The first-order valence-corrected chi connectivity index (χ1v) is 7.20. The van der Waals surface area contributed by atoms with Crippen molar-refractivity contribution in [1.82, 2.24) is 14.9 Å². The zero-order valence-electron chi connectivity index (χ0n) is 12.2. The molecule has 1 unspecified atom stereocenters. The summed E-state index contributed by atoms with van der Waals surface area (Å²) in [5, 5.41) is 0. The molecule has 1 aromatic carbocycles. The second kappa shape index (κ2) is 5.05. The summed E-state index contributed by atoms with van der Waals surface area (Å²) in [7, 11) is 0. The number of amides is 4. The summed E-state index contributed by atoms with van der Waals surface area (Å²) in [6.07, 6.45) is 2.53. The van der Waals surface area contributed by atoms with Gasteiger partial charge in [-0.2, -0.15) is 0 Å². The van der Waals surface area contributed by atoms with Crippen LogP contribution in [0.4, 0.5) is 5.95 Å². The van der Waals surface area contributed by atoms with Crippen molar-refractivity contribution in [1.29, 1.82) is 0 Å². The summed E-state index contributed by atoms with van der Waals surface area (Å²) >= 11 is 0. The molecule has 0 aliphatic carbocycles. The molecule has 2 aliphatic heterocycles. The van der Waals surface area contributed by atoms with Crippen molar-refractivity contribution in [3.8, 4) is 0 Å². The molecule has 4 rings (SSSR count). The Labute approximate surface area is 135 Å². The third-order valence-electron chi connectivity index (χ3n) is 4.01. The van der Waals surface area contributed by atoms with E-state index in [1.54, 1.807) is 18.2 Å². The van der Waals surface area contributed by atoms with Crippen LogP contribution in [0.25, 0.3) is 0 Å². The van der Waals surface area contributed by atoms with E-state index >= 15 is 0 Å². The number of carbonyl (C=O) groups excluding carboxylic acids is 4. The summed E-state index contributed by atoms with van der Waals surface area (Å²) in [5.41, 5.74) is 0.467. The Kier molecular flexibility index (Phi) is 2.99. The SMILES string of the molecule is O=C1CC(N2C(=O)c3ccccc3C2=O)C(=O)N1c1ncccn1. The van der Waals surface area contributed by atoms with Crippen LogP contribution in [0.2, 0.25) is 0 Å². The van der Waals surface area contributed by atoms with Gasteiger partial charge in [-0.25, -0.2) is 14.9 Å². The first-order chi connectivity index (χ1) is 11.6. The van der Waals surface area contributed by atoms with Crippen LogP contribution < -0.4 is 4.90 Å². The molecular weight excluding hydrogens is 312 g/mol. The van der Waals surface area contributed by atoms with E-state index in [0.717, 1.165) is 9.80 Å². The van der Waals surface area contributed by atoms with Gasteiger partial charge >= 0.3 is 0 Å². The average Bonchev–Trinajstić information content (AvgIpc) is 3.03. The minimum Gasteiger partial charge on any atom is -0.274 e. The predicted molar refractivity (Wildman–Crippen MR) is 79.9 cm³/mol. The van der Waals surface area contributed by atoms with E-state index in [2.05, 4.69) is 9.97 Å². The zero-order chi connectivity index (χ0) is 16.8. The molecule has 0 spiro atoms. The van der Waals surface area contributed by atoms with E-state index in [1.807, 2.05) is 0 Å². The fraction of sp³-hybridized carbons (Fsp3) is 0.125. The molecule has 0 radical (unpaired) electrons. The van der Waals surface area contributed by atoms with Crippen LogP contribution in [0.3, 0.4) is 0 Å². The van der Waals surface area contributed by atoms with Gasteiger partial charge in [-0.1, -0.05) is 12.1 Å². The number of carbonyl (C=O) groups is 4. The van der Waals surface area contributed by atoms with Crippen molar-refractivity contribution in [3.63, 3.8) is 0 Å². The topological polar surface area (TPSA) is 101 Å². The van der Waals surface area contributed by atoms with E-state index in [-0.39, 0.29) is 23.5 Å². The van der Waals surface area contributed by atoms with Crippen molar-refractivity contribution in [2.24, 2.45) is 0 Å². The lowest BCUT2D eigenvalue weighted by Gasteiger charge is -2.19. The summed E-state index contributed by atoms with van der Waals surface area (Å²) in [6.45, 7) is 0. The lowest BCUT2D eigenvalue weighted by molar-refractivity contribution is -0.122. The highest BCUT2D eigenvalue weighted by Crippen LogP contribution is 2.30. The van der Waals surface area contributed by atoms with Gasteiger partial charge in [0.1, 0.15) is 6.04 Å². The lowest BCUT2D eigenvalue weighted by Crippen LogP contribution is -2.45. The quantitative estimate of drug-likeness (QED) is 0.742. The normalized spacial score (nSPS) is 20.1. The number of hydrogen-bond acceptors (Lipinski definition) is 6. The third kappa shape index (κ3) is 1.86. The summed E-state index contributed by atoms with van der Waals surface area (Å²) < 4.78 is 0. The molecule has 2 aliphatic rings. The van der Waals surface area contributed by atoms with E-state index < -0.39 is 29.7 Å². The monoisotopic (exact) mass is 322 g/mol. The van der Waals surface area contributed by atoms with Gasteiger partial charge < -0.3 is 0 Å². The Morgan fingerprint density at radius 2 is 1.46 bits per heavy atom. The smallest absolute Gasteiger partial charge is 0.262 e. The number of aromatic nitrogens is 2. The van der Waals surface area contributed by atoms with Crippen LogP contribution in [0.15, 0.2) is 42.7 Å². The highest BCUT2D eigenvalue weighted by Gasteiger charge is 2.50. The molecule has 3 heterocycles. The van der Waals surface area contributed by atoms with Crippen LogP contribution >= 0.6 is 0 Å². The molecular formula is C16H10N4O4. The number of rotatable bonds is 2. The number of benzene rings is 1. The fourth-order valence-corrected chi connectivity index (χ4v) is 2.93. The van der Waals surface area contributed by atoms with Gasteiger partial charge in [0.2, 0.25) is 11.9 Å². The van der Waals surface area contributed by atoms with Crippen molar-refractivity contribution >= 4 is 29.6 Å². The minimum atomic E-state index is -1.17. The van der Waals surface area contributed by atoms with Gasteiger partial charge in [-0.15, -0.1) is 0 Å². The van der Waals surface area contributed by atoms with Crippen LogP contribution in [-0.4, -0.2) is 44.5 Å². The third-order valence-corrected chi connectivity index (χ3v) is 4.01. The zero-order valence-corrected chi connectivity index (χ0v) is 12.2. The van der Waals surface area contributed by atoms with E-state index in [9.17, 15) is 19.2 Å². The first-order valence-electron chi connectivity index (χ1n) is 7.20. The Morgan fingerprint density at radius 3 is 2.04 bits per heavy atom. The van der Waals surface area contributed by atoms with Crippen molar-refractivity contribution in [2.45, 2.75) is 12.5 Å². The largest absolute Gasteiger partial charge is 0.274 e. The maximum absolute atomic E-state index is 12.6. The molecule has 1 fully saturated rings. The number of anilines is 1. The molecule has 8 heteroatoms. The number of hydrogen-bond donors (Lipinski definition) is 0. The van der Waals surface area contributed by atoms with Crippen LogP contribution in [0.5, 0.6) is 0 Å². The van der Waals surface area contributed by atoms with Crippen molar-refractivity contribution in [2.75, 3.05) is 4.90 Å². The summed E-state index contributed by atoms with van der Waals surface area (Å²) in [4.78, 5) is 59.2. The molecule has 0 bridgehead atoms. The maximum atomic E-state index is 12.6. The molecule has 24 heavy (non-hydrogen) atoms. The molecule has 8 nitrogen and oxygen atoms in total. The van der Waals surface area contributed by atoms with E-state index in [1.165, 1.54) is 24.5 Å². The van der Waals surface area contributed by atoms with Gasteiger partial charge in [0.05, 0.1) is 17.5 Å². The van der Waals surface area contributed by atoms with Gasteiger partial charge in [-0.05, 0) is 18.2 Å². The predicted octanol–water partition coefficient (Wildman–Crippen LogP) is 0.405. The minimum absolute atomic E-state index is 0.0633. The molecule has 4 amide bonds. The Hall–Kier alpha value is -3.42. The van der Waals surface area contributed by atoms with Crippen LogP contribution in [-0.2, 0) is 9.59 Å². The Bertz CT molecular complexity index is 861. The van der Waals surface area contributed by atoms with E-state index in [4.69, 9.17) is 0 Å². The fourth-order valence-electron chi connectivity index (χ4n) is 2.93. The average molecular weight is 322 g/mol. The number of fused-ring (bicyclic) bond motifs is 1. The molecule has 118 valence electrons. The summed E-state index contributed by atoms with van der Waals surface area (Å²) in [5.74, 6) is -2.43. The van der Waals surface area contributed by atoms with Crippen molar-refractivity contribution < 1.29 is 19.2 Å². The molecule has 1 atom stereocenters. The second-order valence-electron chi connectivity index (χ2n) is 5.36. The second-order valence-corrected chi connectivity index (χ2v) is 5.36.